The Morgan fingerprint density at radius 1 is 0.398 bits per heavy atom. The molecule has 0 N–H and O–H groups in total. The molecule has 0 bridgehead atoms. The summed E-state index contributed by atoms with van der Waals surface area (Å²) in [6.45, 7) is 5.18. The van der Waals surface area contributed by atoms with Crippen molar-refractivity contribution in [3.8, 4) is 61.3 Å². The molecule has 1 aliphatic rings. The lowest BCUT2D eigenvalue weighted by Crippen LogP contribution is -2.28. The summed E-state index contributed by atoms with van der Waals surface area (Å²) in [6, 6.07) is 104. The molecule has 0 radical (unpaired) electrons. The normalized spacial score (nSPS) is 12.6. The average molecular weight is 1260 g/mol. The summed E-state index contributed by atoms with van der Waals surface area (Å²) < 4.78 is 17.4. The predicted octanol–water partition coefficient (Wildman–Crippen LogP) is 24.6. The van der Waals surface area contributed by atoms with Gasteiger partial charge in [-0.3, -0.25) is 4.98 Å². The number of anilines is 4. The molecular formula is C92H63N4O2+. The van der Waals surface area contributed by atoms with Crippen LogP contribution in [0.5, 0.6) is 0 Å². The fourth-order valence-corrected chi connectivity index (χ4v) is 15.4. The largest absolute Gasteiger partial charge is 0.456 e. The molecule has 4 aromatic heterocycles. The van der Waals surface area contributed by atoms with Gasteiger partial charge in [0.05, 0.1) is 11.8 Å². The zero-order valence-corrected chi connectivity index (χ0v) is 54.1. The van der Waals surface area contributed by atoms with E-state index in [0.29, 0.717) is 12.5 Å². The Hall–Kier alpha value is -12.6. The number of hydrogen-bond donors (Lipinski definition) is 0. The Kier molecular flexibility index (Phi) is 13.4. The molecule has 0 spiro atoms. The number of hydrogen-bond acceptors (Lipinski definition) is 5. The molecule has 19 rings (SSSR count). The standard InChI is InChI=1S/C92H63N4O2/c1-58(2)65-21-15-24-70(50-65)96(71-34-36-77-68(51-71)33-35-79-76(27-16-28-78(77)79)62-19-8-4-9-20-62)84-38-37-80-82-54-72(94-45-12-5-13-46-94)56-86-89(82)88-81(52-69(53-85(88)97-86)61-31-29-60(30-32-61)67-23-14-22-66(49-67)59-17-6-3-7-18-59)83-55-73(57-87-90(83)91(80)92(84)98-87)95-47-41-64(42-48-95)75-26-11-10-25-74(75)63-39-43-93-44-40-63/h3-47,49-58H,48H2,1-2H3/q+1. The van der Waals surface area contributed by atoms with Gasteiger partial charge in [-0.15, -0.1) is 0 Å². The maximum Gasteiger partial charge on any atom is 0.215 e. The van der Waals surface area contributed by atoms with Crippen LogP contribution < -0.4 is 14.4 Å². The van der Waals surface area contributed by atoms with Gasteiger partial charge in [0.15, 0.2) is 18.0 Å². The number of furan rings is 2. The highest BCUT2D eigenvalue weighted by Crippen LogP contribution is 2.52. The van der Waals surface area contributed by atoms with Crippen molar-refractivity contribution in [2.75, 3.05) is 16.3 Å². The lowest BCUT2D eigenvalue weighted by Gasteiger charge is -2.27. The lowest BCUT2D eigenvalue weighted by molar-refractivity contribution is -0.595. The van der Waals surface area contributed by atoms with Gasteiger partial charge in [-0.2, -0.15) is 4.57 Å². The van der Waals surface area contributed by atoms with Crippen molar-refractivity contribution in [1.82, 2.24) is 4.98 Å². The second kappa shape index (κ2) is 23.1. The molecule has 0 aliphatic carbocycles. The van der Waals surface area contributed by atoms with Crippen molar-refractivity contribution in [2.45, 2.75) is 19.8 Å². The number of fused-ring (bicyclic) bond motifs is 5. The molecule has 0 saturated carbocycles. The van der Waals surface area contributed by atoms with Crippen molar-refractivity contribution in [3.05, 3.63) is 339 Å². The van der Waals surface area contributed by atoms with Crippen molar-refractivity contribution < 1.29 is 13.4 Å². The highest BCUT2D eigenvalue weighted by Gasteiger charge is 2.29. The second-order valence-electron chi connectivity index (χ2n) is 26.2. The SMILES string of the molecule is CC(C)c1cccc(N(c2ccc3c(ccc4c(-c5ccccc5)cccc43)c2)c2ccc3c4cc(-[n+]5ccccc5)cc5oc6cc(-c7ccc(-c8cccc(-c9ccccc9)c8)cc7)cc(c7cc(N8C=CC(c9ccccc9-c9ccncc9)=CC8)cc8oc2c3c87)c6c54)c1. The van der Waals surface area contributed by atoms with E-state index in [9.17, 15) is 0 Å². The maximum absolute atomic E-state index is 7.83. The molecular weight excluding hydrogens is 1190 g/mol. The van der Waals surface area contributed by atoms with E-state index in [1.54, 1.807) is 0 Å². The quantitative estimate of drug-likeness (QED) is 0.0901. The number of rotatable bonds is 12. The number of pyridine rings is 2. The van der Waals surface area contributed by atoms with Gasteiger partial charge in [-0.05, 0) is 189 Å². The summed E-state index contributed by atoms with van der Waals surface area (Å²) in [7, 11) is 0. The van der Waals surface area contributed by atoms with Crippen LogP contribution in [0.1, 0.15) is 30.9 Å². The van der Waals surface area contributed by atoms with E-state index < -0.39 is 0 Å². The molecule has 1 aliphatic heterocycles. The number of allylic oxidation sites excluding steroid dienone is 2. The van der Waals surface area contributed by atoms with Crippen LogP contribution in [0.15, 0.2) is 337 Å². The van der Waals surface area contributed by atoms with Crippen LogP contribution in [0, 0.1) is 0 Å². The van der Waals surface area contributed by atoms with E-state index in [0.717, 1.165) is 127 Å². The molecule has 0 fully saturated rings. The third-order valence-corrected chi connectivity index (χ3v) is 20.2. The first kappa shape index (κ1) is 56.9. The van der Waals surface area contributed by atoms with Crippen LogP contribution in [-0.2, 0) is 0 Å². The zero-order chi connectivity index (χ0) is 65.0. The van der Waals surface area contributed by atoms with E-state index in [4.69, 9.17) is 8.83 Å². The Bertz CT molecular complexity index is 6230. The molecule has 18 aromatic rings. The smallest absolute Gasteiger partial charge is 0.215 e. The Labute approximate surface area is 567 Å². The average Bonchev–Trinajstić information content (AvgIpc) is 1.30. The minimum Gasteiger partial charge on any atom is -0.456 e. The summed E-state index contributed by atoms with van der Waals surface area (Å²) >= 11 is 0. The monoisotopic (exact) mass is 1260 g/mol. The first-order valence-corrected chi connectivity index (χ1v) is 33.8. The van der Waals surface area contributed by atoms with Crippen molar-refractivity contribution in [1.29, 1.82) is 0 Å². The number of benzene rings is 13. The molecule has 0 unspecified atom stereocenters. The van der Waals surface area contributed by atoms with Gasteiger partial charge in [0, 0.05) is 93.4 Å². The topological polar surface area (TPSA) is 49.5 Å². The van der Waals surface area contributed by atoms with Crippen LogP contribution in [0.3, 0.4) is 0 Å². The Morgan fingerprint density at radius 3 is 1.79 bits per heavy atom. The van der Waals surface area contributed by atoms with Crippen molar-refractivity contribution in [2.24, 2.45) is 0 Å². The van der Waals surface area contributed by atoms with Gasteiger partial charge >= 0.3 is 0 Å². The highest BCUT2D eigenvalue weighted by molar-refractivity contribution is 6.38. The summed E-state index contributed by atoms with van der Waals surface area (Å²) in [5, 5.41) is 13.3. The van der Waals surface area contributed by atoms with Crippen LogP contribution in [0.25, 0.3) is 154 Å². The molecule has 0 atom stereocenters. The summed E-state index contributed by atoms with van der Waals surface area (Å²) in [6.07, 6.45) is 14.8. The molecule has 98 heavy (non-hydrogen) atoms. The van der Waals surface area contributed by atoms with E-state index in [-0.39, 0.29) is 0 Å². The fraction of sp³-hybridized carbons (Fsp3) is 0.0435. The van der Waals surface area contributed by atoms with Crippen molar-refractivity contribution >= 4 is 115 Å². The lowest BCUT2D eigenvalue weighted by atomic mass is 9.91. The summed E-state index contributed by atoms with van der Waals surface area (Å²) in [4.78, 5) is 9.11. The molecule has 5 heterocycles. The van der Waals surface area contributed by atoms with E-state index in [1.807, 2.05) is 12.4 Å². The molecule has 0 amide bonds. The first-order chi connectivity index (χ1) is 48.4. The number of nitrogens with zero attached hydrogens (tertiary/aromatic N) is 4. The van der Waals surface area contributed by atoms with Gasteiger partial charge in [0.2, 0.25) is 5.69 Å². The minimum atomic E-state index is 0.292. The van der Waals surface area contributed by atoms with Crippen LogP contribution in [0.2, 0.25) is 0 Å². The van der Waals surface area contributed by atoms with E-state index in [1.165, 1.54) is 60.7 Å². The van der Waals surface area contributed by atoms with Crippen LogP contribution in [0.4, 0.5) is 22.7 Å². The molecule has 14 aromatic carbocycles. The molecule has 6 nitrogen and oxygen atoms in total. The molecule has 6 heteroatoms. The third-order valence-electron chi connectivity index (χ3n) is 20.2. The predicted molar refractivity (Wildman–Crippen MR) is 408 cm³/mol. The van der Waals surface area contributed by atoms with Crippen LogP contribution >= 0.6 is 0 Å². The van der Waals surface area contributed by atoms with Crippen molar-refractivity contribution in [3.63, 3.8) is 0 Å². The molecule has 0 saturated heterocycles. The van der Waals surface area contributed by atoms with Gasteiger partial charge in [-0.25, -0.2) is 0 Å². The zero-order valence-electron chi connectivity index (χ0n) is 54.1. The molecule has 462 valence electrons. The summed E-state index contributed by atoms with van der Waals surface area (Å²) in [5.74, 6) is 0.292. The van der Waals surface area contributed by atoms with Gasteiger partial charge in [-0.1, -0.05) is 208 Å². The van der Waals surface area contributed by atoms with E-state index in [2.05, 4.69) is 349 Å². The minimum absolute atomic E-state index is 0.292. The second-order valence-corrected chi connectivity index (χ2v) is 26.2. The Balaban J connectivity index is 0.865. The first-order valence-electron chi connectivity index (χ1n) is 33.8. The highest BCUT2D eigenvalue weighted by atomic mass is 16.3. The van der Waals surface area contributed by atoms with Crippen LogP contribution in [-0.4, -0.2) is 11.5 Å². The third kappa shape index (κ3) is 9.55. The van der Waals surface area contributed by atoms with Gasteiger partial charge in [0.1, 0.15) is 16.7 Å². The maximum atomic E-state index is 7.83. The number of aromatic nitrogens is 2. The fourth-order valence-electron chi connectivity index (χ4n) is 15.4. The van der Waals surface area contributed by atoms with E-state index >= 15 is 0 Å². The van der Waals surface area contributed by atoms with Gasteiger partial charge < -0.3 is 18.6 Å². The summed E-state index contributed by atoms with van der Waals surface area (Å²) in [5.41, 5.74) is 23.4. The Morgan fingerprint density at radius 2 is 1.01 bits per heavy atom. The van der Waals surface area contributed by atoms with Gasteiger partial charge in [0.25, 0.3) is 0 Å².